The molecule has 0 heterocycles. The van der Waals surface area contributed by atoms with Crippen molar-refractivity contribution in [2.75, 3.05) is 16.6 Å². The highest BCUT2D eigenvalue weighted by molar-refractivity contribution is 7.92. The largest absolute Gasteiger partial charge is 0.482 e. The zero-order valence-electron chi connectivity index (χ0n) is 16.4. The minimum absolute atomic E-state index is 0.0115. The predicted molar refractivity (Wildman–Crippen MR) is 121 cm³/mol. The van der Waals surface area contributed by atoms with Gasteiger partial charge in [0, 0.05) is 10.7 Å². The van der Waals surface area contributed by atoms with Crippen LogP contribution in [0.25, 0.3) is 0 Å². The molecule has 0 saturated carbocycles. The molecule has 32 heavy (non-hydrogen) atoms. The van der Waals surface area contributed by atoms with E-state index in [0.29, 0.717) is 10.7 Å². The topological polar surface area (TPSA) is 145 Å². The van der Waals surface area contributed by atoms with Gasteiger partial charge in [-0.15, -0.1) is 0 Å². The van der Waals surface area contributed by atoms with Crippen LogP contribution in [0.4, 0.5) is 11.4 Å². The van der Waals surface area contributed by atoms with Crippen LogP contribution in [-0.2, 0) is 24.8 Å². The second kappa shape index (κ2) is 9.57. The maximum absolute atomic E-state index is 12.6. The lowest BCUT2D eigenvalue weighted by atomic mass is 10.3. The lowest BCUT2D eigenvalue weighted by Crippen LogP contribution is -2.21. The maximum atomic E-state index is 12.6. The number of amides is 1. The molecule has 0 aliphatic rings. The number of hydrogen-bond donors (Lipinski definition) is 3. The van der Waals surface area contributed by atoms with Crippen molar-refractivity contribution in [2.45, 2.75) is 9.79 Å². The molecule has 9 nitrogen and oxygen atoms in total. The van der Waals surface area contributed by atoms with E-state index in [2.05, 4.69) is 10.0 Å². The van der Waals surface area contributed by atoms with Crippen LogP contribution in [0.3, 0.4) is 0 Å². The number of ether oxygens (including phenoxy) is 1. The molecule has 0 spiro atoms. The number of nitrogens with two attached hydrogens (primary N) is 1. The third-order valence-corrected chi connectivity index (χ3v) is 6.64. The Kier molecular flexibility index (Phi) is 7.04. The molecule has 3 aromatic rings. The first kappa shape index (κ1) is 23.5. The average molecular weight is 496 g/mol. The highest BCUT2D eigenvalue weighted by Crippen LogP contribution is 2.27. The predicted octanol–water partition coefficient (Wildman–Crippen LogP) is 2.81. The van der Waals surface area contributed by atoms with Crippen LogP contribution in [0.1, 0.15) is 0 Å². The van der Waals surface area contributed by atoms with Gasteiger partial charge in [-0.25, -0.2) is 22.0 Å². The van der Waals surface area contributed by atoms with Gasteiger partial charge in [0.15, 0.2) is 6.61 Å². The Morgan fingerprint density at radius 2 is 1.47 bits per heavy atom. The number of rotatable bonds is 8. The molecular weight excluding hydrogens is 478 g/mol. The summed E-state index contributed by atoms with van der Waals surface area (Å²) in [5, 5.41) is 7.97. The molecule has 0 aliphatic carbocycles. The number of benzene rings is 3. The van der Waals surface area contributed by atoms with Crippen LogP contribution in [0.5, 0.6) is 5.75 Å². The summed E-state index contributed by atoms with van der Waals surface area (Å²) < 4.78 is 55.7. The molecule has 4 N–H and O–H groups in total. The normalized spacial score (nSPS) is 11.6. The van der Waals surface area contributed by atoms with E-state index >= 15 is 0 Å². The quantitative estimate of drug-likeness (QED) is 0.438. The van der Waals surface area contributed by atoms with E-state index in [1.807, 2.05) is 0 Å². The van der Waals surface area contributed by atoms with E-state index in [9.17, 15) is 21.6 Å². The summed E-state index contributed by atoms with van der Waals surface area (Å²) in [6, 6.07) is 17.2. The summed E-state index contributed by atoms with van der Waals surface area (Å²) in [5.41, 5.74) is 0.482. The van der Waals surface area contributed by atoms with Gasteiger partial charge in [0.05, 0.1) is 15.5 Å². The molecule has 3 rings (SSSR count). The van der Waals surface area contributed by atoms with Crippen LogP contribution < -0.4 is 19.9 Å². The number of para-hydroxylation sites is 2. The summed E-state index contributed by atoms with van der Waals surface area (Å²) in [6.07, 6.45) is 0. The molecule has 0 aliphatic heterocycles. The Bertz CT molecular complexity index is 1330. The van der Waals surface area contributed by atoms with E-state index in [-0.39, 0.29) is 21.2 Å². The molecule has 12 heteroatoms. The number of halogens is 1. The van der Waals surface area contributed by atoms with Crippen molar-refractivity contribution in [1.82, 2.24) is 0 Å². The van der Waals surface area contributed by atoms with Crippen LogP contribution in [-0.4, -0.2) is 29.3 Å². The van der Waals surface area contributed by atoms with Gasteiger partial charge in [-0.1, -0.05) is 23.7 Å². The molecule has 0 fully saturated rings. The summed E-state index contributed by atoms with van der Waals surface area (Å²) in [5.74, 6) is -0.395. The number of carbonyl (C=O) groups is 1. The molecule has 3 aromatic carbocycles. The molecule has 0 aromatic heterocycles. The van der Waals surface area contributed by atoms with Crippen LogP contribution in [0, 0.1) is 0 Å². The van der Waals surface area contributed by atoms with Gasteiger partial charge >= 0.3 is 0 Å². The van der Waals surface area contributed by atoms with Crippen molar-refractivity contribution in [3.05, 3.63) is 77.8 Å². The Labute approximate surface area is 190 Å². The van der Waals surface area contributed by atoms with Crippen LogP contribution >= 0.6 is 11.6 Å². The van der Waals surface area contributed by atoms with E-state index in [4.69, 9.17) is 21.5 Å². The highest BCUT2D eigenvalue weighted by atomic mass is 35.5. The van der Waals surface area contributed by atoms with Gasteiger partial charge in [-0.2, -0.15) is 0 Å². The van der Waals surface area contributed by atoms with Gasteiger partial charge in [-0.05, 0) is 60.7 Å². The number of carbonyl (C=O) groups excluding carboxylic acids is 1. The number of primary sulfonamides is 1. The van der Waals surface area contributed by atoms with Crippen molar-refractivity contribution in [3.8, 4) is 5.75 Å². The minimum Gasteiger partial charge on any atom is -0.482 e. The first-order valence-corrected chi connectivity index (χ1v) is 12.4. The van der Waals surface area contributed by atoms with Gasteiger partial charge in [-0.3, -0.25) is 9.52 Å². The lowest BCUT2D eigenvalue weighted by Gasteiger charge is -2.14. The Morgan fingerprint density at radius 1 is 0.875 bits per heavy atom. The Morgan fingerprint density at radius 3 is 2.09 bits per heavy atom. The van der Waals surface area contributed by atoms with Crippen molar-refractivity contribution in [3.63, 3.8) is 0 Å². The molecule has 0 radical (unpaired) electrons. The minimum atomic E-state index is -3.90. The summed E-state index contributed by atoms with van der Waals surface area (Å²) >= 11 is 5.80. The summed E-state index contributed by atoms with van der Waals surface area (Å²) in [4.78, 5) is 12.1. The number of anilines is 2. The fourth-order valence-electron chi connectivity index (χ4n) is 2.56. The number of nitrogens with one attached hydrogen (secondary N) is 2. The van der Waals surface area contributed by atoms with Crippen molar-refractivity contribution >= 4 is 48.9 Å². The first-order chi connectivity index (χ1) is 15.0. The zero-order chi connectivity index (χ0) is 23.4. The van der Waals surface area contributed by atoms with Crippen molar-refractivity contribution < 1.29 is 26.4 Å². The highest BCUT2D eigenvalue weighted by Gasteiger charge is 2.17. The SMILES string of the molecule is NS(=O)(=O)c1ccc(NC(=O)COc2ccccc2NS(=O)(=O)c2ccc(Cl)cc2)cc1. The monoisotopic (exact) mass is 495 g/mol. The fourth-order valence-corrected chi connectivity index (χ4v) is 4.27. The summed E-state index contributed by atoms with van der Waals surface area (Å²) in [6.45, 7) is -0.420. The van der Waals surface area contributed by atoms with Gasteiger partial charge in [0.25, 0.3) is 15.9 Å². The maximum Gasteiger partial charge on any atom is 0.262 e. The fraction of sp³-hybridized carbons (Fsp3) is 0.0500. The number of sulfonamides is 2. The third-order valence-electron chi connectivity index (χ3n) is 4.08. The van der Waals surface area contributed by atoms with Gasteiger partial charge < -0.3 is 10.1 Å². The average Bonchev–Trinajstić information content (AvgIpc) is 2.73. The first-order valence-electron chi connectivity index (χ1n) is 8.97. The van der Waals surface area contributed by atoms with Crippen molar-refractivity contribution in [1.29, 1.82) is 0 Å². The zero-order valence-corrected chi connectivity index (χ0v) is 18.7. The molecule has 0 unspecified atom stereocenters. The van der Waals surface area contributed by atoms with Gasteiger partial charge in [0.1, 0.15) is 5.75 Å². The van der Waals surface area contributed by atoms with Crippen molar-refractivity contribution in [2.24, 2.45) is 5.14 Å². The Hall–Kier alpha value is -3.12. The standard InChI is InChI=1S/C20H18ClN3O6S2/c21-14-5-9-17(10-6-14)32(28,29)24-18-3-1-2-4-19(18)30-13-20(25)23-15-7-11-16(12-8-15)31(22,26)27/h1-12,24H,13H2,(H,23,25)(H2,22,26,27). The van der Waals surface area contributed by atoms with E-state index in [1.54, 1.807) is 12.1 Å². The second-order valence-corrected chi connectivity index (χ2v) is 10.1. The molecule has 0 atom stereocenters. The molecule has 168 valence electrons. The van der Waals surface area contributed by atoms with Crippen LogP contribution in [0.2, 0.25) is 5.02 Å². The van der Waals surface area contributed by atoms with E-state index in [0.717, 1.165) is 0 Å². The van der Waals surface area contributed by atoms with E-state index in [1.165, 1.54) is 60.7 Å². The molecule has 0 bridgehead atoms. The third kappa shape index (κ3) is 6.20. The van der Waals surface area contributed by atoms with Crippen LogP contribution in [0.15, 0.2) is 82.6 Å². The molecular formula is C20H18ClN3O6S2. The lowest BCUT2D eigenvalue weighted by molar-refractivity contribution is -0.118. The van der Waals surface area contributed by atoms with Gasteiger partial charge in [0.2, 0.25) is 10.0 Å². The Balaban J connectivity index is 1.66. The summed E-state index contributed by atoms with van der Waals surface area (Å²) in [7, 11) is -7.74. The molecule has 1 amide bonds. The molecule has 0 saturated heterocycles. The number of hydrogen-bond acceptors (Lipinski definition) is 6. The van der Waals surface area contributed by atoms with E-state index < -0.39 is 32.6 Å². The smallest absolute Gasteiger partial charge is 0.262 e. The second-order valence-electron chi connectivity index (χ2n) is 6.46.